The number of nitrogens with zero attached hydrogens (tertiary/aromatic N) is 1. The SMILES string of the molecule is O=C(NCc1cccnc1)N[C@@H]1CCc2c(Br)cccc21. The van der Waals surface area contributed by atoms with Crippen molar-refractivity contribution >= 4 is 22.0 Å². The van der Waals surface area contributed by atoms with Crippen molar-refractivity contribution in [3.63, 3.8) is 0 Å². The fraction of sp³-hybridized carbons (Fsp3) is 0.250. The van der Waals surface area contributed by atoms with Crippen LogP contribution in [0.5, 0.6) is 0 Å². The normalized spacial score (nSPS) is 16.3. The largest absolute Gasteiger partial charge is 0.334 e. The first kappa shape index (κ1) is 14.1. The molecule has 0 saturated carbocycles. The molecule has 21 heavy (non-hydrogen) atoms. The summed E-state index contributed by atoms with van der Waals surface area (Å²) in [5.41, 5.74) is 3.50. The second-order valence-electron chi connectivity index (χ2n) is 5.09. The van der Waals surface area contributed by atoms with E-state index in [1.807, 2.05) is 24.3 Å². The molecule has 0 unspecified atom stereocenters. The van der Waals surface area contributed by atoms with Crippen molar-refractivity contribution in [3.05, 3.63) is 63.9 Å². The Morgan fingerprint density at radius 3 is 3.05 bits per heavy atom. The summed E-state index contributed by atoms with van der Waals surface area (Å²) in [6.07, 6.45) is 5.40. The first-order chi connectivity index (χ1) is 10.2. The van der Waals surface area contributed by atoms with E-state index in [0.29, 0.717) is 6.54 Å². The Labute approximate surface area is 132 Å². The van der Waals surface area contributed by atoms with Crippen LogP contribution in [0.1, 0.15) is 29.2 Å². The van der Waals surface area contributed by atoms with Crippen molar-refractivity contribution in [1.82, 2.24) is 15.6 Å². The third-order valence-corrected chi connectivity index (χ3v) is 4.44. The van der Waals surface area contributed by atoms with Gasteiger partial charge in [-0.15, -0.1) is 0 Å². The summed E-state index contributed by atoms with van der Waals surface area (Å²) in [6, 6.07) is 9.89. The molecule has 108 valence electrons. The lowest BCUT2D eigenvalue weighted by molar-refractivity contribution is 0.236. The number of rotatable bonds is 3. The number of hydrogen-bond acceptors (Lipinski definition) is 2. The van der Waals surface area contributed by atoms with Crippen LogP contribution in [0, 0.1) is 0 Å². The van der Waals surface area contributed by atoms with Crippen LogP contribution in [0.25, 0.3) is 0 Å². The van der Waals surface area contributed by atoms with Gasteiger partial charge >= 0.3 is 6.03 Å². The molecule has 1 aromatic carbocycles. The first-order valence-electron chi connectivity index (χ1n) is 6.94. The number of carbonyl (C=O) groups is 1. The summed E-state index contributed by atoms with van der Waals surface area (Å²) >= 11 is 3.57. The van der Waals surface area contributed by atoms with Crippen molar-refractivity contribution in [2.45, 2.75) is 25.4 Å². The van der Waals surface area contributed by atoms with Crippen molar-refractivity contribution in [2.24, 2.45) is 0 Å². The van der Waals surface area contributed by atoms with Crippen LogP contribution in [-0.2, 0) is 13.0 Å². The van der Waals surface area contributed by atoms with Crippen LogP contribution in [0.3, 0.4) is 0 Å². The Kier molecular flexibility index (Phi) is 4.20. The summed E-state index contributed by atoms with van der Waals surface area (Å²) in [6.45, 7) is 0.484. The monoisotopic (exact) mass is 345 g/mol. The van der Waals surface area contributed by atoms with Gasteiger partial charge < -0.3 is 10.6 Å². The quantitative estimate of drug-likeness (QED) is 0.896. The van der Waals surface area contributed by atoms with Crippen LogP contribution in [0.15, 0.2) is 47.2 Å². The third kappa shape index (κ3) is 3.24. The van der Waals surface area contributed by atoms with Gasteiger partial charge in [-0.1, -0.05) is 34.1 Å². The molecule has 0 saturated heterocycles. The number of pyridine rings is 1. The van der Waals surface area contributed by atoms with Gasteiger partial charge in [-0.25, -0.2) is 4.79 Å². The van der Waals surface area contributed by atoms with Crippen molar-refractivity contribution in [2.75, 3.05) is 0 Å². The van der Waals surface area contributed by atoms with Crippen LogP contribution in [0.2, 0.25) is 0 Å². The second kappa shape index (κ2) is 6.26. The Morgan fingerprint density at radius 2 is 2.24 bits per heavy atom. The maximum atomic E-state index is 12.0. The molecule has 5 heteroatoms. The summed E-state index contributed by atoms with van der Waals surface area (Å²) in [5, 5.41) is 5.91. The Hall–Kier alpha value is -1.88. The fourth-order valence-corrected chi connectivity index (χ4v) is 3.23. The first-order valence-corrected chi connectivity index (χ1v) is 7.74. The Morgan fingerprint density at radius 1 is 1.33 bits per heavy atom. The number of benzene rings is 1. The lowest BCUT2D eigenvalue weighted by atomic mass is 10.1. The van der Waals surface area contributed by atoms with E-state index in [9.17, 15) is 4.79 Å². The molecule has 3 rings (SSSR count). The van der Waals surface area contributed by atoms with Crippen LogP contribution in [0.4, 0.5) is 4.79 Å². The van der Waals surface area contributed by atoms with Gasteiger partial charge in [0.1, 0.15) is 0 Å². The molecule has 2 aromatic rings. The zero-order valence-corrected chi connectivity index (χ0v) is 13.1. The van der Waals surface area contributed by atoms with E-state index >= 15 is 0 Å². The van der Waals surface area contributed by atoms with Gasteiger partial charge in [-0.05, 0) is 41.7 Å². The lowest BCUT2D eigenvalue weighted by Gasteiger charge is -2.15. The van der Waals surface area contributed by atoms with E-state index in [0.717, 1.165) is 22.9 Å². The van der Waals surface area contributed by atoms with Gasteiger partial charge in [-0.2, -0.15) is 0 Å². The van der Waals surface area contributed by atoms with Crippen molar-refractivity contribution in [1.29, 1.82) is 0 Å². The molecule has 2 N–H and O–H groups in total. The zero-order valence-electron chi connectivity index (χ0n) is 11.5. The summed E-state index contributed by atoms with van der Waals surface area (Å²) < 4.78 is 1.13. The number of urea groups is 1. The molecule has 1 aliphatic rings. The number of halogens is 1. The molecule has 0 aliphatic heterocycles. The number of amides is 2. The number of nitrogens with one attached hydrogen (secondary N) is 2. The highest BCUT2D eigenvalue weighted by atomic mass is 79.9. The van der Waals surface area contributed by atoms with Crippen LogP contribution >= 0.6 is 15.9 Å². The number of carbonyl (C=O) groups excluding carboxylic acids is 1. The minimum Gasteiger partial charge on any atom is -0.334 e. The van der Waals surface area contributed by atoms with E-state index in [1.54, 1.807) is 12.4 Å². The maximum absolute atomic E-state index is 12.0. The van der Waals surface area contributed by atoms with Crippen LogP contribution in [-0.4, -0.2) is 11.0 Å². The molecule has 0 spiro atoms. The molecule has 1 atom stereocenters. The highest BCUT2D eigenvalue weighted by Gasteiger charge is 2.25. The third-order valence-electron chi connectivity index (χ3n) is 3.69. The van der Waals surface area contributed by atoms with E-state index in [4.69, 9.17) is 0 Å². The van der Waals surface area contributed by atoms with E-state index in [2.05, 4.69) is 37.6 Å². The minimum atomic E-state index is -0.142. The van der Waals surface area contributed by atoms with E-state index in [-0.39, 0.29) is 12.1 Å². The average Bonchev–Trinajstić information content (AvgIpc) is 2.91. The van der Waals surface area contributed by atoms with Crippen LogP contribution < -0.4 is 10.6 Å². The Bertz CT molecular complexity index is 645. The zero-order chi connectivity index (χ0) is 14.7. The van der Waals surface area contributed by atoms with Gasteiger partial charge in [0, 0.05) is 23.4 Å². The minimum absolute atomic E-state index is 0.0893. The summed E-state index contributed by atoms with van der Waals surface area (Å²) in [5.74, 6) is 0. The molecule has 0 bridgehead atoms. The topological polar surface area (TPSA) is 54.0 Å². The number of aromatic nitrogens is 1. The predicted octanol–water partition coefficient (Wildman–Crippen LogP) is 3.33. The molecular weight excluding hydrogens is 330 g/mol. The molecule has 1 aliphatic carbocycles. The maximum Gasteiger partial charge on any atom is 0.315 e. The predicted molar refractivity (Wildman–Crippen MR) is 84.8 cm³/mol. The summed E-state index contributed by atoms with van der Waals surface area (Å²) in [4.78, 5) is 16.0. The fourth-order valence-electron chi connectivity index (χ4n) is 2.65. The molecule has 0 fully saturated rings. The van der Waals surface area contributed by atoms with Gasteiger partial charge in [0.05, 0.1) is 6.04 Å². The highest BCUT2D eigenvalue weighted by Crippen LogP contribution is 2.35. The van der Waals surface area contributed by atoms with Gasteiger partial charge in [0.15, 0.2) is 0 Å². The van der Waals surface area contributed by atoms with E-state index in [1.165, 1.54) is 11.1 Å². The molecule has 1 heterocycles. The van der Waals surface area contributed by atoms with Gasteiger partial charge in [-0.3, -0.25) is 4.98 Å². The molecule has 0 radical (unpaired) electrons. The Balaban J connectivity index is 1.59. The number of hydrogen-bond donors (Lipinski definition) is 2. The molecule has 4 nitrogen and oxygen atoms in total. The molecule has 2 amide bonds. The average molecular weight is 346 g/mol. The van der Waals surface area contributed by atoms with E-state index < -0.39 is 0 Å². The molecule has 1 aromatic heterocycles. The standard InChI is InChI=1S/C16H16BrN3O/c17-14-5-1-4-13-12(14)6-7-15(13)20-16(21)19-10-11-3-2-8-18-9-11/h1-5,8-9,15H,6-7,10H2,(H2,19,20,21)/t15-/m1/s1. The molecular formula is C16H16BrN3O. The highest BCUT2D eigenvalue weighted by molar-refractivity contribution is 9.10. The summed E-state index contributed by atoms with van der Waals surface area (Å²) in [7, 11) is 0. The smallest absolute Gasteiger partial charge is 0.315 e. The van der Waals surface area contributed by atoms with Gasteiger partial charge in [0.2, 0.25) is 0 Å². The number of fused-ring (bicyclic) bond motifs is 1. The van der Waals surface area contributed by atoms with Gasteiger partial charge in [0.25, 0.3) is 0 Å². The lowest BCUT2D eigenvalue weighted by Crippen LogP contribution is -2.36. The van der Waals surface area contributed by atoms with Crippen molar-refractivity contribution in [3.8, 4) is 0 Å². The van der Waals surface area contributed by atoms with Crippen molar-refractivity contribution < 1.29 is 4.79 Å². The second-order valence-corrected chi connectivity index (χ2v) is 5.94.